The molecule has 0 aromatic rings. The lowest BCUT2D eigenvalue weighted by molar-refractivity contribution is 0.0228. The molecule has 0 spiro atoms. The van der Waals surface area contributed by atoms with Crippen molar-refractivity contribution < 1.29 is 14.4 Å². The Kier molecular flexibility index (Phi) is 2.99. The van der Waals surface area contributed by atoms with Gasteiger partial charge in [-0.15, -0.1) is 0 Å². The molecule has 0 aliphatic carbocycles. The number of hydrogen-bond donors (Lipinski definition) is 1. The van der Waals surface area contributed by atoms with Crippen molar-refractivity contribution in [3.05, 3.63) is 0 Å². The first-order chi connectivity index (χ1) is 7.90. The van der Waals surface area contributed by atoms with Crippen molar-refractivity contribution in [2.45, 2.75) is 32.5 Å². The second kappa shape index (κ2) is 4.18. The van der Waals surface area contributed by atoms with Gasteiger partial charge in [0.25, 0.3) is 0 Å². The van der Waals surface area contributed by atoms with Gasteiger partial charge in [0.1, 0.15) is 5.60 Å². The van der Waals surface area contributed by atoms with Crippen LogP contribution in [0.1, 0.15) is 20.8 Å². The van der Waals surface area contributed by atoms with Crippen LogP contribution in [0.5, 0.6) is 0 Å². The van der Waals surface area contributed by atoms with E-state index in [1.54, 1.807) is 4.90 Å². The predicted molar refractivity (Wildman–Crippen MR) is 62.7 cm³/mol. The summed E-state index contributed by atoms with van der Waals surface area (Å²) in [7, 11) is 0. The SMILES string of the molecule is CC(C)(C)OC(=O)N1C[C@@H]2ON=C(CN)[C@@H]2C1. The number of likely N-dealkylation sites (tertiary alicyclic amines) is 1. The molecule has 0 aromatic heterocycles. The number of nitrogens with two attached hydrogens (primary N) is 1. The Labute approximate surface area is 101 Å². The number of carbonyl (C=O) groups excluding carboxylic acids is 1. The Morgan fingerprint density at radius 2 is 2.29 bits per heavy atom. The van der Waals surface area contributed by atoms with Gasteiger partial charge in [-0.2, -0.15) is 0 Å². The van der Waals surface area contributed by atoms with Gasteiger partial charge >= 0.3 is 6.09 Å². The van der Waals surface area contributed by atoms with Crippen molar-refractivity contribution >= 4 is 11.8 Å². The van der Waals surface area contributed by atoms with E-state index in [0.29, 0.717) is 19.6 Å². The largest absolute Gasteiger partial charge is 0.444 e. The maximum Gasteiger partial charge on any atom is 0.410 e. The standard InChI is InChI=1S/C11H19N3O3/c1-11(2,3)16-10(15)14-5-7-8(4-12)13-17-9(7)6-14/h7,9H,4-6,12H2,1-3H3/t7-,9-/m0/s1. The van der Waals surface area contributed by atoms with Crippen LogP contribution in [-0.2, 0) is 9.57 Å². The molecule has 0 bridgehead atoms. The van der Waals surface area contributed by atoms with Gasteiger partial charge < -0.3 is 20.2 Å². The van der Waals surface area contributed by atoms with E-state index in [1.165, 1.54) is 0 Å². The first-order valence-corrected chi connectivity index (χ1v) is 5.81. The van der Waals surface area contributed by atoms with Crippen LogP contribution in [0.2, 0.25) is 0 Å². The van der Waals surface area contributed by atoms with Gasteiger partial charge in [-0.05, 0) is 20.8 Å². The lowest BCUT2D eigenvalue weighted by atomic mass is 10.0. The summed E-state index contributed by atoms with van der Waals surface area (Å²) in [4.78, 5) is 18.8. The minimum absolute atomic E-state index is 0.0546. The van der Waals surface area contributed by atoms with Crippen molar-refractivity contribution in [3.8, 4) is 0 Å². The maximum absolute atomic E-state index is 11.9. The van der Waals surface area contributed by atoms with E-state index in [-0.39, 0.29) is 18.1 Å². The van der Waals surface area contributed by atoms with Crippen molar-refractivity contribution in [1.82, 2.24) is 4.90 Å². The molecular formula is C11H19N3O3. The first kappa shape index (κ1) is 12.2. The monoisotopic (exact) mass is 241 g/mol. The van der Waals surface area contributed by atoms with Gasteiger partial charge in [0.05, 0.1) is 18.2 Å². The van der Waals surface area contributed by atoms with Crippen LogP contribution in [0.3, 0.4) is 0 Å². The summed E-state index contributed by atoms with van der Waals surface area (Å²) in [5.41, 5.74) is 5.93. The van der Waals surface area contributed by atoms with E-state index >= 15 is 0 Å². The molecule has 0 saturated carbocycles. The number of nitrogens with zero attached hydrogens (tertiary/aromatic N) is 2. The summed E-state index contributed by atoms with van der Waals surface area (Å²) in [5, 5.41) is 3.92. The minimum atomic E-state index is -0.472. The molecule has 2 aliphatic rings. The molecule has 6 heteroatoms. The second-order valence-electron chi connectivity index (χ2n) is 5.42. The number of rotatable bonds is 1. The molecule has 0 aromatic carbocycles. The molecule has 2 rings (SSSR count). The third-order valence-electron chi connectivity index (χ3n) is 2.86. The van der Waals surface area contributed by atoms with Gasteiger partial charge in [-0.3, -0.25) is 0 Å². The van der Waals surface area contributed by atoms with E-state index in [4.69, 9.17) is 15.3 Å². The molecule has 1 amide bonds. The van der Waals surface area contributed by atoms with Crippen LogP contribution < -0.4 is 5.73 Å². The van der Waals surface area contributed by atoms with Crippen molar-refractivity contribution in [3.63, 3.8) is 0 Å². The quantitative estimate of drug-likeness (QED) is 0.728. The molecule has 2 N–H and O–H groups in total. The third kappa shape index (κ3) is 2.52. The lowest BCUT2D eigenvalue weighted by Crippen LogP contribution is -2.36. The Morgan fingerprint density at radius 3 is 2.88 bits per heavy atom. The zero-order valence-corrected chi connectivity index (χ0v) is 10.5. The summed E-state index contributed by atoms with van der Waals surface area (Å²) in [5.74, 6) is 0.132. The van der Waals surface area contributed by atoms with Gasteiger partial charge in [0.15, 0.2) is 6.10 Å². The number of fused-ring (bicyclic) bond motifs is 1. The van der Waals surface area contributed by atoms with Crippen LogP contribution in [0.4, 0.5) is 4.79 Å². The van der Waals surface area contributed by atoms with Crippen molar-refractivity contribution in [2.75, 3.05) is 19.6 Å². The molecule has 2 aliphatic heterocycles. The smallest absolute Gasteiger partial charge is 0.410 e. The molecule has 2 atom stereocenters. The molecule has 0 radical (unpaired) electrons. The fourth-order valence-corrected chi connectivity index (χ4v) is 2.07. The zero-order valence-electron chi connectivity index (χ0n) is 10.5. The molecule has 1 fully saturated rings. The highest BCUT2D eigenvalue weighted by Gasteiger charge is 2.44. The van der Waals surface area contributed by atoms with E-state index in [0.717, 1.165) is 5.71 Å². The first-order valence-electron chi connectivity index (χ1n) is 5.81. The Hall–Kier alpha value is -1.30. The van der Waals surface area contributed by atoms with E-state index < -0.39 is 5.60 Å². The van der Waals surface area contributed by atoms with Crippen LogP contribution in [0.15, 0.2) is 5.16 Å². The van der Waals surface area contributed by atoms with Crippen LogP contribution >= 0.6 is 0 Å². The normalized spacial score (nSPS) is 27.5. The number of amides is 1. The minimum Gasteiger partial charge on any atom is -0.444 e. The molecule has 1 saturated heterocycles. The third-order valence-corrected chi connectivity index (χ3v) is 2.86. The van der Waals surface area contributed by atoms with Crippen LogP contribution in [-0.4, -0.2) is 48.0 Å². The number of oxime groups is 1. The maximum atomic E-state index is 11.9. The average molecular weight is 241 g/mol. The highest BCUT2D eigenvalue weighted by Crippen LogP contribution is 2.27. The molecule has 17 heavy (non-hydrogen) atoms. The Morgan fingerprint density at radius 1 is 1.59 bits per heavy atom. The van der Waals surface area contributed by atoms with Crippen LogP contribution in [0, 0.1) is 5.92 Å². The van der Waals surface area contributed by atoms with Crippen molar-refractivity contribution in [2.24, 2.45) is 16.8 Å². The fourth-order valence-electron chi connectivity index (χ4n) is 2.07. The van der Waals surface area contributed by atoms with Crippen molar-refractivity contribution in [1.29, 1.82) is 0 Å². The van der Waals surface area contributed by atoms with Gasteiger partial charge in [-0.25, -0.2) is 4.79 Å². The fraction of sp³-hybridized carbons (Fsp3) is 0.818. The second-order valence-corrected chi connectivity index (χ2v) is 5.42. The van der Waals surface area contributed by atoms with E-state index in [9.17, 15) is 4.79 Å². The summed E-state index contributed by atoms with van der Waals surface area (Å²) < 4.78 is 5.32. The average Bonchev–Trinajstić information content (AvgIpc) is 2.72. The lowest BCUT2D eigenvalue weighted by Gasteiger charge is -2.24. The number of ether oxygens (including phenoxy) is 1. The molecule has 6 nitrogen and oxygen atoms in total. The Bertz CT molecular complexity index is 348. The number of hydrogen-bond acceptors (Lipinski definition) is 5. The van der Waals surface area contributed by atoms with Gasteiger partial charge in [0, 0.05) is 13.1 Å². The highest BCUT2D eigenvalue weighted by atomic mass is 16.6. The molecule has 96 valence electrons. The predicted octanol–water partition coefficient (Wildman–Crippen LogP) is 0.567. The summed E-state index contributed by atoms with van der Waals surface area (Å²) in [6.07, 6.45) is -0.354. The van der Waals surface area contributed by atoms with Crippen LogP contribution in [0.25, 0.3) is 0 Å². The summed E-state index contributed by atoms with van der Waals surface area (Å²) in [6, 6.07) is 0. The Balaban J connectivity index is 1.95. The molecule has 0 unspecified atom stereocenters. The van der Waals surface area contributed by atoms with E-state index in [1.807, 2.05) is 20.8 Å². The topological polar surface area (TPSA) is 77.1 Å². The van der Waals surface area contributed by atoms with Gasteiger partial charge in [0.2, 0.25) is 0 Å². The summed E-state index contributed by atoms with van der Waals surface area (Å²) in [6.45, 7) is 7.03. The number of carbonyl (C=O) groups is 1. The van der Waals surface area contributed by atoms with Gasteiger partial charge in [-0.1, -0.05) is 5.16 Å². The molecule has 2 heterocycles. The zero-order chi connectivity index (χ0) is 12.6. The highest BCUT2D eigenvalue weighted by molar-refractivity contribution is 5.90. The van der Waals surface area contributed by atoms with E-state index in [2.05, 4.69) is 5.16 Å². The molecular weight excluding hydrogens is 222 g/mol. The summed E-state index contributed by atoms with van der Waals surface area (Å²) >= 11 is 0.